The maximum Gasteiger partial charge on any atom is 0.244 e. The Labute approximate surface area is 131 Å². The van der Waals surface area contributed by atoms with Gasteiger partial charge in [-0.25, -0.2) is 8.42 Å². The fourth-order valence-corrected chi connectivity index (χ4v) is 3.91. The molecule has 0 amide bonds. The molecule has 1 unspecified atom stereocenters. The van der Waals surface area contributed by atoms with Crippen LogP contribution in [0.25, 0.3) is 0 Å². The summed E-state index contributed by atoms with van der Waals surface area (Å²) in [6, 6.07) is 6.53. The average molecular weight is 327 g/mol. The fraction of sp³-hybridized carbons (Fsp3) is 0.467. The highest BCUT2D eigenvalue weighted by atomic mass is 32.2. The molecule has 0 aliphatic carbocycles. The van der Waals surface area contributed by atoms with Gasteiger partial charge in [-0.3, -0.25) is 0 Å². The lowest BCUT2D eigenvalue weighted by Crippen LogP contribution is -2.35. The molecule has 0 heterocycles. The van der Waals surface area contributed by atoms with Gasteiger partial charge in [-0.15, -0.1) is 0 Å². The lowest BCUT2D eigenvalue weighted by Gasteiger charge is -2.24. The van der Waals surface area contributed by atoms with Crippen molar-refractivity contribution in [2.45, 2.75) is 24.3 Å². The molecule has 1 rings (SSSR count). The topological polar surface area (TPSA) is 57.6 Å². The van der Waals surface area contributed by atoms with Crippen molar-refractivity contribution >= 4 is 21.8 Å². The van der Waals surface area contributed by atoms with Crippen molar-refractivity contribution in [2.75, 3.05) is 25.7 Å². The van der Waals surface area contributed by atoms with E-state index in [0.717, 1.165) is 12.2 Å². The van der Waals surface area contributed by atoms with Crippen LogP contribution >= 0.6 is 11.8 Å². The van der Waals surface area contributed by atoms with Crippen LogP contribution < -0.4 is 0 Å². The smallest absolute Gasteiger partial charge is 0.244 e. The van der Waals surface area contributed by atoms with Crippen LogP contribution in [0.4, 0.5) is 0 Å². The van der Waals surface area contributed by atoms with E-state index in [9.17, 15) is 8.42 Å². The molecular formula is C15H21NO3S2. The van der Waals surface area contributed by atoms with Gasteiger partial charge in [0.25, 0.3) is 0 Å². The Hall–Kier alpha value is -1.00. The summed E-state index contributed by atoms with van der Waals surface area (Å²) in [7, 11) is -2.00. The first-order valence-corrected chi connectivity index (χ1v) is 9.44. The maximum absolute atomic E-state index is 12.7. The number of benzene rings is 1. The van der Waals surface area contributed by atoms with Crippen LogP contribution in [0.15, 0.2) is 29.2 Å². The highest BCUT2D eigenvalue weighted by Gasteiger charge is 2.26. The molecule has 1 aromatic carbocycles. The van der Waals surface area contributed by atoms with E-state index in [0.29, 0.717) is 5.56 Å². The molecule has 21 heavy (non-hydrogen) atoms. The molecule has 1 N–H and O–H groups in total. The van der Waals surface area contributed by atoms with Crippen molar-refractivity contribution in [1.82, 2.24) is 4.31 Å². The quantitative estimate of drug-likeness (QED) is 0.810. The van der Waals surface area contributed by atoms with E-state index < -0.39 is 10.0 Å². The number of hydrogen-bond donors (Lipinski definition) is 1. The van der Waals surface area contributed by atoms with E-state index in [1.807, 2.05) is 13.2 Å². The molecule has 0 saturated carbocycles. The van der Waals surface area contributed by atoms with Gasteiger partial charge in [0, 0.05) is 18.7 Å². The van der Waals surface area contributed by atoms with Crippen LogP contribution in [0, 0.1) is 11.8 Å². The van der Waals surface area contributed by atoms with Crippen molar-refractivity contribution in [3.8, 4) is 11.8 Å². The summed E-state index contributed by atoms with van der Waals surface area (Å²) >= 11 is 1.70. The third-order valence-corrected chi connectivity index (χ3v) is 5.88. The van der Waals surface area contributed by atoms with Crippen molar-refractivity contribution in [2.24, 2.45) is 0 Å². The minimum absolute atomic E-state index is 0.0821. The van der Waals surface area contributed by atoms with Crippen LogP contribution in [0.2, 0.25) is 0 Å². The molecule has 116 valence electrons. The van der Waals surface area contributed by atoms with E-state index in [2.05, 4.69) is 11.8 Å². The molecule has 0 spiro atoms. The van der Waals surface area contributed by atoms with Gasteiger partial charge < -0.3 is 5.11 Å². The van der Waals surface area contributed by atoms with Crippen LogP contribution in [0.3, 0.4) is 0 Å². The maximum atomic E-state index is 12.7. The number of nitrogens with zero attached hydrogens (tertiary/aromatic N) is 1. The first-order valence-electron chi connectivity index (χ1n) is 6.61. The molecule has 0 saturated heterocycles. The van der Waals surface area contributed by atoms with Crippen molar-refractivity contribution in [3.05, 3.63) is 29.8 Å². The predicted molar refractivity (Wildman–Crippen MR) is 87.8 cm³/mol. The largest absolute Gasteiger partial charge is 0.384 e. The Morgan fingerprint density at radius 2 is 2.05 bits per heavy atom. The van der Waals surface area contributed by atoms with Gasteiger partial charge in [0.05, 0.1) is 4.90 Å². The Kier molecular flexibility index (Phi) is 7.26. The van der Waals surface area contributed by atoms with Gasteiger partial charge in [-0.2, -0.15) is 16.1 Å². The van der Waals surface area contributed by atoms with Crippen LogP contribution in [-0.4, -0.2) is 49.5 Å². The van der Waals surface area contributed by atoms with E-state index in [1.165, 1.54) is 4.31 Å². The first kappa shape index (κ1) is 18.1. The fourth-order valence-electron chi connectivity index (χ4n) is 1.79. The first-order chi connectivity index (χ1) is 9.95. The number of rotatable bonds is 6. The van der Waals surface area contributed by atoms with Gasteiger partial charge in [0.2, 0.25) is 10.0 Å². The number of aliphatic hydroxyl groups is 1. The van der Waals surface area contributed by atoms with Crippen LogP contribution in [0.1, 0.15) is 18.9 Å². The zero-order valence-electron chi connectivity index (χ0n) is 12.5. The lowest BCUT2D eigenvalue weighted by atomic mass is 10.2. The second kappa shape index (κ2) is 8.44. The summed E-state index contributed by atoms with van der Waals surface area (Å²) in [5.41, 5.74) is 0.412. The second-order valence-corrected chi connectivity index (χ2v) is 7.56. The Bertz CT molecular complexity index is 617. The summed E-state index contributed by atoms with van der Waals surface area (Å²) in [5.74, 6) is 6.10. The third kappa shape index (κ3) is 4.75. The minimum Gasteiger partial charge on any atom is -0.384 e. The van der Waals surface area contributed by atoms with Crippen molar-refractivity contribution in [1.29, 1.82) is 0 Å². The van der Waals surface area contributed by atoms with Gasteiger partial charge >= 0.3 is 0 Å². The average Bonchev–Trinajstić information content (AvgIpc) is 2.49. The molecule has 0 fully saturated rings. The number of aliphatic hydroxyl groups excluding tert-OH is 1. The molecule has 0 bridgehead atoms. The number of thioether (sulfide) groups is 1. The molecule has 1 aromatic rings. The van der Waals surface area contributed by atoms with E-state index in [1.54, 1.807) is 43.1 Å². The van der Waals surface area contributed by atoms with Crippen LogP contribution in [0.5, 0.6) is 0 Å². The predicted octanol–water partition coefficient (Wildman–Crippen LogP) is 1.79. The van der Waals surface area contributed by atoms with E-state index in [-0.39, 0.29) is 17.5 Å². The van der Waals surface area contributed by atoms with Crippen molar-refractivity contribution < 1.29 is 13.5 Å². The lowest BCUT2D eigenvalue weighted by molar-refractivity contribution is 0.350. The Balaban J connectivity index is 3.13. The SMILES string of the molecule is CSCCC(C)N(C)S(=O)(=O)c1ccccc1C#CCO. The Morgan fingerprint density at radius 3 is 2.67 bits per heavy atom. The molecule has 4 nitrogen and oxygen atoms in total. The van der Waals surface area contributed by atoms with E-state index >= 15 is 0 Å². The minimum atomic E-state index is -3.59. The normalized spacial score (nSPS) is 12.8. The zero-order valence-corrected chi connectivity index (χ0v) is 14.2. The Morgan fingerprint density at radius 1 is 1.38 bits per heavy atom. The summed E-state index contributed by atoms with van der Waals surface area (Å²) in [6.07, 6.45) is 2.79. The van der Waals surface area contributed by atoms with Gasteiger partial charge in [0.1, 0.15) is 6.61 Å². The molecular weight excluding hydrogens is 306 g/mol. The summed E-state index contributed by atoms with van der Waals surface area (Å²) in [6.45, 7) is 1.60. The molecule has 0 aliphatic heterocycles. The third-order valence-electron chi connectivity index (χ3n) is 3.21. The summed E-state index contributed by atoms with van der Waals surface area (Å²) in [4.78, 5) is 0.185. The highest BCUT2D eigenvalue weighted by molar-refractivity contribution is 7.98. The van der Waals surface area contributed by atoms with E-state index in [4.69, 9.17) is 5.11 Å². The van der Waals surface area contributed by atoms with Gasteiger partial charge in [-0.05, 0) is 37.5 Å². The highest BCUT2D eigenvalue weighted by Crippen LogP contribution is 2.21. The molecule has 1 atom stereocenters. The number of sulfonamides is 1. The molecule has 0 aliphatic rings. The molecule has 6 heteroatoms. The van der Waals surface area contributed by atoms with Gasteiger partial charge in [-0.1, -0.05) is 24.0 Å². The van der Waals surface area contributed by atoms with Crippen LogP contribution in [-0.2, 0) is 10.0 Å². The summed E-state index contributed by atoms with van der Waals surface area (Å²) < 4.78 is 26.8. The molecule has 0 aromatic heterocycles. The summed E-state index contributed by atoms with van der Waals surface area (Å²) in [5, 5.41) is 8.78. The molecule has 0 radical (unpaired) electrons. The van der Waals surface area contributed by atoms with Gasteiger partial charge in [0.15, 0.2) is 0 Å². The number of hydrogen-bond acceptors (Lipinski definition) is 4. The van der Waals surface area contributed by atoms with Crippen molar-refractivity contribution in [3.63, 3.8) is 0 Å². The zero-order chi connectivity index (χ0) is 15.9. The second-order valence-electron chi connectivity index (χ2n) is 4.61. The monoisotopic (exact) mass is 327 g/mol. The standard InChI is InChI=1S/C15H21NO3S2/c1-13(10-12-20-3)16(2)21(18,19)15-9-5-4-7-14(15)8-6-11-17/h4-5,7,9,13,17H,10-12H2,1-3H3.